The molecule has 4 heteroatoms. The summed E-state index contributed by atoms with van der Waals surface area (Å²) in [4.78, 5) is 4.73. The molecule has 0 aromatic carbocycles. The summed E-state index contributed by atoms with van der Waals surface area (Å²) in [5.41, 5.74) is 0. The molecular formula is C16H30IN3. The molecule has 0 bridgehead atoms. The zero-order chi connectivity index (χ0) is 13.1. The molecule has 2 atom stereocenters. The van der Waals surface area contributed by atoms with Crippen LogP contribution in [0.1, 0.15) is 58.3 Å². The van der Waals surface area contributed by atoms with Crippen LogP contribution in [0.4, 0.5) is 0 Å². The minimum Gasteiger partial charge on any atom is -0.357 e. The maximum absolute atomic E-state index is 4.73. The largest absolute Gasteiger partial charge is 0.357 e. The number of aliphatic imine (C=N–C) groups is 1. The van der Waals surface area contributed by atoms with E-state index in [0.29, 0.717) is 6.04 Å². The van der Waals surface area contributed by atoms with Gasteiger partial charge in [-0.15, -0.1) is 24.0 Å². The van der Waals surface area contributed by atoms with Crippen LogP contribution in [0.15, 0.2) is 4.99 Å². The summed E-state index contributed by atoms with van der Waals surface area (Å²) in [5.74, 6) is 3.88. The Morgan fingerprint density at radius 3 is 2.50 bits per heavy atom. The molecule has 0 saturated heterocycles. The van der Waals surface area contributed by atoms with Crippen LogP contribution in [0.3, 0.4) is 0 Å². The first-order chi connectivity index (χ1) is 9.36. The van der Waals surface area contributed by atoms with E-state index in [2.05, 4.69) is 17.6 Å². The molecule has 20 heavy (non-hydrogen) atoms. The summed E-state index contributed by atoms with van der Waals surface area (Å²) >= 11 is 0. The third kappa shape index (κ3) is 4.78. The molecule has 0 aromatic rings. The lowest BCUT2D eigenvalue weighted by Gasteiger charge is -2.22. The Labute approximate surface area is 140 Å². The number of hydrogen-bond donors (Lipinski definition) is 2. The molecule has 0 aliphatic heterocycles. The van der Waals surface area contributed by atoms with E-state index in [-0.39, 0.29) is 24.0 Å². The van der Waals surface area contributed by atoms with Crippen molar-refractivity contribution in [3.05, 3.63) is 0 Å². The van der Waals surface area contributed by atoms with E-state index in [1.807, 2.05) is 0 Å². The van der Waals surface area contributed by atoms with Crippen molar-refractivity contribution in [2.24, 2.45) is 22.7 Å². The van der Waals surface area contributed by atoms with Crippen LogP contribution < -0.4 is 10.6 Å². The van der Waals surface area contributed by atoms with Crippen molar-refractivity contribution in [1.82, 2.24) is 10.6 Å². The van der Waals surface area contributed by atoms with Crippen LogP contribution in [0, 0.1) is 17.8 Å². The number of guanidine groups is 1. The summed E-state index contributed by atoms with van der Waals surface area (Å²) < 4.78 is 0. The normalized spacial score (nSPS) is 30.6. The zero-order valence-corrected chi connectivity index (χ0v) is 15.1. The molecule has 0 amide bonds. The highest BCUT2D eigenvalue weighted by atomic mass is 127. The highest BCUT2D eigenvalue weighted by Crippen LogP contribution is 2.44. The van der Waals surface area contributed by atoms with Crippen molar-refractivity contribution in [2.75, 3.05) is 13.1 Å². The number of halogens is 1. The predicted molar refractivity (Wildman–Crippen MR) is 95.7 cm³/mol. The number of nitrogens with one attached hydrogen (secondary N) is 2. The summed E-state index contributed by atoms with van der Waals surface area (Å²) in [5, 5.41) is 7.06. The second-order valence-corrected chi connectivity index (χ2v) is 6.71. The quantitative estimate of drug-likeness (QED) is 0.427. The van der Waals surface area contributed by atoms with Gasteiger partial charge in [0.15, 0.2) is 5.96 Å². The third-order valence-electron chi connectivity index (χ3n) is 4.97. The minimum absolute atomic E-state index is 0. The van der Waals surface area contributed by atoms with Gasteiger partial charge in [-0.2, -0.15) is 0 Å². The molecule has 2 unspecified atom stereocenters. The van der Waals surface area contributed by atoms with Gasteiger partial charge >= 0.3 is 0 Å². The zero-order valence-electron chi connectivity index (χ0n) is 12.7. The van der Waals surface area contributed by atoms with Crippen LogP contribution in [0.5, 0.6) is 0 Å². The van der Waals surface area contributed by atoms with E-state index in [1.165, 1.54) is 51.4 Å². The maximum atomic E-state index is 4.73. The third-order valence-corrected chi connectivity index (χ3v) is 4.97. The van der Waals surface area contributed by atoms with E-state index in [1.54, 1.807) is 0 Å². The molecule has 3 fully saturated rings. The van der Waals surface area contributed by atoms with Gasteiger partial charge in [0.05, 0.1) is 0 Å². The lowest BCUT2D eigenvalue weighted by molar-refractivity contribution is 0.315. The second kappa shape index (κ2) is 7.85. The van der Waals surface area contributed by atoms with Crippen LogP contribution in [-0.4, -0.2) is 25.1 Å². The summed E-state index contributed by atoms with van der Waals surface area (Å²) in [6.45, 7) is 4.15. The average Bonchev–Trinajstić information content (AvgIpc) is 3.33. The fourth-order valence-electron chi connectivity index (χ4n) is 3.48. The van der Waals surface area contributed by atoms with E-state index in [4.69, 9.17) is 4.99 Å². The molecule has 0 spiro atoms. The SMILES string of the molecule is CCNC(=NCC1CC1)NC1CC1C1CCCCC1.I. The van der Waals surface area contributed by atoms with Gasteiger partial charge in [-0.05, 0) is 43.9 Å². The Balaban J connectivity index is 0.00000147. The lowest BCUT2D eigenvalue weighted by Crippen LogP contribution is -2.39. The lowest BCUT2D eigenvalue weighted by atomic mass is 9.85. The van der Waals surface area contributed by atoms with Crippen molar-refractivity contribution in [3.63, 3.8) is 0 Å². The molecule has 0 aromatic heterocycles. The van der Waals surface area contributed by atoms with Gasteiger partial charge in [-0.25, -0.2) is 0 Å². The predicted octanol–water partition coefficient (Wildman–Crippen LogP) is 3.54. The molecule has 0 radical (unpaired) electrons. The average molecular weight is 391 g/mol. The Morgan fingerprint density at radius 2 is 1.85 bits per heavy atom. The van der Waals surface area contributed by atoms with Gasteiger partial charge < -0.3 is 10.6 Å². The minimum atomic E-state index is 0. The Bertz CT molecular complexity index is 322. The van der Waals surface area contributed by atoms with E-state index < -0.39 is 0 Å². The van der Waals surface area contributed by atoms with Crippen molar-refractivity contribution in [2.45, 2.75) is 64.3 Å². The molecule has 3 nitrogen and oxygen atoms in total. The molecule has 2 N–H and O–H groups in total. The molecular weight excluding hydrogens is 361 g/mol. The van der Waals surface area contributed by atoms with E-state index in [9.17, 15) is 0 Å². The standard InChI is InChI=1S/C16H29N3.HI/c1-2-17-16(18-11-12-8-9-12)19-15-10-14(15)13-6-4-3-5-7-13;/h12-15H,2-11H2,1H3,(H2,17,18,19);1H. The van der Waals surface area contributed by atoms with Gasteiger partial charge in [0.2, 0.25) is 0 Å². The molecule has 3 saturated carbocycles. The highest BCUT2D eigenvalue weighted by molar-refractivity contribution is 14.0. The summed E-state index contributed by atoms with van der Waals surface area (Å²) in [6, 6.07) is 0.708. The smallest absolute Gasteiger partial charge is 0.191 e. The first kappa shape index (κ1) is 16.4. The Morgan fingerprint density at radius 1 is 1.10 bits per heavy atom. The van der Waals surface area contributed by atoms with Gasteiger partial charge in [0, 0.05) is 19.1 Å². The van der Waals surface area contributed by atoms with Gasteiger partial charge in [0.25, 0.3) is 0 Å². The van der Waals surface area contributed by atoms with E-state index in [0.717, 1.165) is 36.8 Å². The fraction of sp³-hybridized carbons (Fsp3) is 0.938. The monoisotopic (exact) mass is 391 g/mol. The molecule has 3 aliphatic carbocycles. The van der Waals surface area contributed by atoms with E-state index >= 15 is 0 Å². The highest BCUT2D eigenvalue weighted by Gasteiger charge is 2.43. The number of hydrogen-bond acceptors (Lipinski definition) is 1. The Kier molecular flexibility index (Phi) is 6.43. The van der Waals surface area contributed by atoms with Gasteiger partial charge in [-0.1, -0.05) is 32.1 Å². The topological polar surface area (TPSA) is 36.4 Å². The number of rotatable bonds is 5. The van der Waals surface area contributed by atoms with Crippen molar-refractivity contribution in [3.8, 4) is 0 Å². The van der Waals surface area contributed by atoms with Crippen LogP contribution >= 0.6 is 24.0 Å². The second-order valence-electron chi connectivity index (χ2n) is 6.71. The number of nitrogens with zero attached hydrogens (tertiary/aromatic N) is 1. The Hall–Kier alpha value is 0. The molecule has 0 heterocycles. The van der Waals surface area contributed by atoms with Crippen LogP contribution in [-0.2, 0) is 0 Å². The summed E-state index contributed by atoms with van der Waals surface area (Å²) in [7, 11) is 0. The van der Waals surface area contributed by atoms with Gasteiger partial charge in [-0.3, -0.25) is 4.99 Å². The molecule has 3 rings (SSSR count). The van der Waals surface area contributed by atoms with Crippen LogP contribution in [0.2, 0.25) is 0 Å². The van der Waals surface area contributed by atoms with Crippen molar-refractivity contribution < 1.29 is 0 Å². The molecule has 116 valence electrons. The van der Waals surface area contributed by atoms with Crippen molar-refractivity contribution >= 4 is 29.9 Å². The van der Waals surface area contributed by atoms with Gasteiger partial charge in [0.1, 0.15) is 0 Å². The van der Waals surface area contributed by atoms with Crippen LogP contribution in [0.25, 0.3) is 0 Å². The first-order valence-corrected chi connectivity index (χ1v) is 8.41. The van der Waals surface area contributed by atoms with Crippen molar-refractivity contribution in [1.29, 1.82) is 0 Å². The maximum Gasteiger partial charge on any atom is 0.191 e. The molecule has 3 aliphatic rings. The summed E-state index contributed by atoms with van der Waals surface area (Å²) in [6.07, 6.45) is 11.5. The first-order valence-electron chi connectivity index (χ1n) is 8.41. The fourth-order valence-corrected chi connectivity index (χ4v) is 3.48.